The van der Waals surface area contributed by atoms with Gasteiger partial charge in [-0.05, 0) is 60.4 Å². The predicted octanol–water partition coefficient (Wildman–Crippen LogP) is 3.53. The maximum atomic E-state index is 15.4. The molecule has 1 atom stereocenters. The number of amides is 3. The number of hydrogen-bond acceptors (Lipinski definition) is 9. The van der Waals surface area contributed by atoms with Gasteiger partial charge < -0.3 is 24.6 Å². The van der Waals surface area contributed by atoms with E-state index in [4.69, 9.17) is 9.47 Å². The van der Waals surface area contributed by atoms with Crippen molar-refractivity contribution < 1.29 is 28.2 Å². The van der Waals surface area contributed by atoms with Gasteiger partial charge in [0.1, 0.15) is 24.2 Å². The third-order valence-electron chi connectivity index (χ3n) is 10.4. The predicted molar refractivity (Wildman–Crippen MR) is 187 cm³/mol. The first kappa shape index (κ1) is 34.6. The van der Waals surface area contributed by atoms with Gasteiger partial charge in [-0.1, -0.05) is 25.1 Å². The topological polar surface area (TPSA) is 127 Å². The monoisotopic (exact) mass is 694 g/mol. The van der Waals surface area contributed by atoms with Gasteiger partial charge in [0.25, 0.3) is 5.91 Å². The molecule has 0 unspecified atom stereocenters. The zero-order valence-electron chi connectivity index (χ0n) is 28.9. The second-order valence-electron chi connectivity index (χ2n) is 14.3. The lowest BCUT2D eigenvalue weighted by atomic mass is 9.85. The number of piperidine rings is 1. The van der Waals surface area contributed by atoms with Crippen molar-refractivity contribution >= 4 is 23.4 Å². The fourth-order valence-corrected chi connectivity index (χ4v) is 7.38. The first-order chi connectivity index (χ1) is 24.7. The van der Waals surface area contributed by atoms with Crippen molar-refractivity contribution in [2.75, 3.05) is 57.4 Å². The van der Waals surface area contributed by atoms with E-state index < -0.39 is 11.9 Å². The van der Waals surface area contributed by atoms with E-state index in [2.05, 4.69) is 33.4 Å². The molecule has 3 aromatic rings. The quantitative estimate of drug-likeness (QED) is 0.216. The molecule has 3 amide bonds. The van der Waals surface area contributed by atoms with Crippen LogP contribution in [0.15, 0.2) is 54.6 Å². The van der Waals surface area contributed by atoms with E-state index in [9.17, 15) is 19.6 Å². The summed E-state index contributed by atoms with van der Waals surface area (Å²) in [5, 5.41) is 15.1. The summed E-state index contributed by atoms with van der Waals surface area (Å²) >= 11 is 0. The number of anilines is 1. The van der Waals surface area contributed by atoms with Gasteiger partial charge in [-0.15, -0.1) is 0 Å². The number of ether oxygens (including phenoxy) is 2. The number of carbonyl (C=O) groups excluding carboxylic acids is 3. The van der Waals surface area contributed by atoms with Gasteiger partial charge in [0.05, 0.1) is 31.4 Å². The minimum Gasteiger partial charge on any atom is -0.488 e. The van der Waals surface area contributed by atoms with Crippen LogP contribution in [-0.2, 0) is 40.4 Å². The minimum absolute atomic E-state index is 0.0116. The van der Waals surface area contributed by atoms with Crippen LogP contribution in [0.3, 0.4) is 0 Å². The maximum Gasteiger partial charge on any atom is 0.255 e. The van der Waals surface area contributed by atoms with E-state index in [0.29, 0.717) is 41.2 Å². The fraction of sp³-hybridized carbons (Fsp3) is 0.436. The summed E-state index contributed by atoms with van der Waals surface area (Å²) in [7, 11) is 0. The summed E-state index contributed by atoms with van der Waals surface area (Å²) in [6, 6.07) is 17.8. The first-order valence-electron chi connectivity index (χ1n) is 17.7. The summed E-state index contributed by atoms with van der Waals surface area (Å²) in [6.45, 7) is 9.61. The highest BCUT2D eigenvalue weighted by Gasteiger charge is 2.40. The van der Waals surface area contributed by atoms with Crippen molar-refractivity contribution in [3.8, 4) is 11.8 Å². The molecular weight excluding hydrogens is 651 g/mol. The molecule has 3 fully saturated rings. The molecule has 4 heterocycles. The Hall–Kier alpha value is -4.83. The Morgan fingerprint density at radius 2 is 1.84 bits per heavy atom. The summed E-state index contributed by atoms with van der Waals surface area (Å²) in [4.78, 5) is 43.3. The Morgan fingerprint density at radius 3 is 2.57 bits per heavy atom. The molecule has 0 saturated carbocycles. The van der Waals surface area contributed by atoms with Gasteiger partial charge in [-0.2, -0.15) is 5.26 Å². The zero-order chi connectivity index (χ0) is 35.5. The average molecular weight is 695 g/mol. The Balaban J connectivity index is 0.920. The van der Waals surface area contributed by atoms with Crippen molar-refractivity contribution in [3.05, 3.63) is 93.8 Å². The SMILES string of the molecule is CC1(COCCc2cc(C#N)ccc2N2CCN(Cc3ccc(COc4cccc5c4CN([C@H]4CCC(=O)NC4=O)C5=O)c(F)c3)CC2)CNC1. The smallest absolute Gasteiger partial charge is 0.255 e. The highest BCUT2D eigenvalue weighted by molar-refractivity contribution is 6.05. The second-order valence-corrected chi connectivity index (χ2v) is 14.3. The van der Waals surface area contributed by atoms with Crippen molar-refractivity contribution in [3.63, 3.8) is 0 Å². The zero-order valence-corrected chi connectivity index (χ0v) is 28.9. The summed E-state index contributed by atoms with van der Waals surface area (Å²) in [5.74, 6) is -0.974. The number of nitriles is 1. The Bertz CT molecular complexity index is 1860. The van der Waals surface area contributed by atoms with E-state index in [0.717, 1.165) is 69.1 Å². The number of benzene rings is 3. The van der Waals surface area contributed by atoms with Gasteiger partial charge in [0, 0.05) is 80.0 Å². The van der Waals surface area contributed by atoms with E-state index >= 15 is 4.39 Å². The van der Waals surface area contributed by atoms with Gasteiger partial charge in [0.15, 0.2) is 0 Å². The van der Waals surface area contributed by atoms with E-state index in [1.54, 1.807) is 30.3 Å². The molecule has 3 saturated heterocycles. The van der Waals surface area contributed by atoms with Crippen LogP contribution in [0.4, 0.5) is 10.1 Å². The third-order valence-corrected chi connectivity index (χ3v) is 10.4. The number of carbonyl (C=O) groups is 3. The van der Waals surface area contributed by atoms with Crippen LogP contribution in [0.5, 0.6) is 5.75 Å². The van der Waals surface area contributed by atoms with Crippen LogP contribution >= 0.6 is 0 Å². The molecule has 11 nitrogen and oxygen atoms in total. The Morgan fingerprint density at radius 1 is 1.02 bits per heavy atom. The number of nitrogens with zero attached hydrogens (tertiary/aromatic N) is 4. The standard InChI is InChI=1S/C39H43FN6O5/c1-39(23-42-24-39)25-50-16-11-28-17-26(19-41)6-8-33(28)45-14-12-44(13-15-45)20-27-5-7-29(32(40)18-27)22-51-35-4-2-3-30-31(35)21-46(38(30)49)34-9-10-36(47)43-37(34)48/h2-8,17-18,34,42H,9-16,20-25H2,1H3,(H,43,47,48)/t34-/m0/s1. The summed E-state index contributed by atoms with van der Waals surface area (Å²) in [5.41, 5.74) is 5.51. The number of rotatable bonds is 12. The molecule has 0 aromatic heterocycles. The van der Waals surface area contributed by atoms with Crippen LogP contribution in [-0.4, -0.2) is 86.0 Å². The lowest BCUT2D eigenvalue weighted by Crippen LogP contribution is -2.54. The van der Waals surface area contributed by atoms with E-state index in [1.807, 2.05) is 24.3 Å². The normalized spacial score (nSPS) is 20.1. The number of hydrogen-bond donors (Lipinski definition) is 2. The maximum absolute atomic E-state index is 15.4. The second kappa shape index (κ2) is 14.8. The molecule has 0 aliphatic carbocycles. The molecule has 12 heteroatoms. The lowest BCUT2D eigenvalue weighted by Gasteiger charge is -2.39. The van der Waals surface area contributed by atoms with E-state index in [-0.39, 0.29) is 49.0 Å². The number of piperazine rings is 1. The number of fused-ring (bicyclic) bond motifs is 1. The Kier molecular flexibility index (Phi) is 10.0. The molecule has 266 valence electrons. The average Bonchev–Trinajstić information content (AvgIpc) is 3.45. The molecule has 0 bridgehead atoms. The van der Waals surface area contributed by atoms with Crippen LogP contribution in [0, 0.1) is 22.6 Å². The summed E-state index contributed by atoms with van der Waals surface area (Å²) in [6.07, 6.45) is 1.20. The van der Waals surface area contributed by atoms with Gasteiger partial charge in [0.2, 0.25) is 11.8 Å². The summed E-state index contributed by atoms with van der Waals surface area (Å²) < 4.78 is 27.4. The van der Waals surface area contributed by atoms with Crippen LogP contribution < -0.4 is 20.3 Å². The molecule has 4 aliphatic heterocycles. The first-order valence-corrected chi connectivity index (χ1v) is 17.7. The van der Waals surface area contributed by atoms with Crippen LogP contribution in [0.2, 0.25) is 0 Å². The molecule has 3 aromatic carbocycles. The Labute approximate surface area is 297 Å². The van der Waals surface area contributed by atoms with Crippen LogP contribution in [0.1, 0.15) is 57.9 Å². The van der Waals surface area contributed by atoms with Crippen LogP contribution in [0.25, 0.3) is 0 Å². The van der Waals surface area contributed by atoms with E-state index in [1.165, 1.54) is 4.90 Å². The largest absolute Gasteiger partial charge is 0.488 e. The van der Waals surface area contributed by atoms with Crippen molar-refractivity contribution in [2.24, 2.45) is 5.41 Å². The molecular formula is C39H43FN6O5. The highest BCUT2D eigenvalue weighted by atomic mass is 19.1. The lowest BCUT2D eigenvalue weighted by molar-refractivity contribution is -0.136. The van der Waals surface area contributed by atoms with Gasteiger partial charge in [-0.3, -0.25) is 24.6 Å². The fourth-order valence-electron chi connectivity index (χ4n) is 7.38. The van der Waals surface area contributed by atoms with Gasteiger partial charge in [-0.25, -0.2) is 4.39 Å². The molecule has 2 N–H and O–H groups in total. The van der Waals surface area contributed by atoms with Gasteiger partial charge >= 0.3 is 0 Å². The van der Waals surface area contributed by atoms with Crippen molar-refractivity contribution in [1.29, 1.82) is 5.26 Å². The molecule has 0 radical (unpaired) electrons. The molecule has 7 rings (SSSR count). The minimum atomic E-state index is -0.717. The molecule has 51 heavy (non-hydrogen) atoms. The highest BCUT2D eigenvalue weighted by Crippen LogP contribution is 2.34. The van der Waals surface area contributed by atoms with Crippen molar-refractivity contribution in [2.45, 2.75) is 51.9 Å². The van der Waals surface area contributed by atoms with Crippen molar-refractivity contribution in [1.82, 2.24) is 20.4 Å². The number of halogens is 1. The molecule has 0 spiro atoms. The number of nitrogens with one attached hydrogen (secondary N) is 2. The molecule has 4 aliphatic rings. The number of imide groups is 1. The third kappa shape index (κ3) is 7.61.